The van der Waals surface area contributed by atoms with Crippen molar-refractivity contribution in [2.45, 2.75) is 12.1 Å². The molecule has 1 amide bonds. The zero-order valence-electron chi connectivity index (χ0n) is 11.0. The van der Waals surface area contributed by atoms with E-state index >= 15 is 0 Å². The third-order valence-electron chi connectivity index (χ3n) is 2.90. The minimum atomic E-state index is -5.95. The van der Waals surface area contributed by atoms with E-state index in [4.69, 9.17) is 0 Å². The molecular formula is C15H10F5NO. The van der Waals surface area contributed by atoms with E-state index in [9.17, 15) is 26.7 Å². The normalized spacial score (nSPS) is 12.0. The lowest BCUT2D eigenvalue weighted by Gasteiger charge is -2.19. The molecule has 0 fully saturated rings. The van der Waals surface area contributed by atoms with Crippen molar-refractivity contribution in [3.8, 4) is 11.1 Å². The van der Waals surface area contributed by atoms with E-state index in [1.807, 2.05) is 0 Å². The number of hydrogen-bond donors (Lipinski definition) is 1. The van der Waals surface area contributed by atoms with Crippen molar-refractivity contribution in [1.82, 2.24) is 0 Å². The average Bonchev–Trinajstić information content (AvgIpc) is 2.47. The van der Waals surface area contributed by atoms with Crippen molar-refractivity contribution in [3.63, 3.8) is 0 Å². The number of para-hydroxylation sites is 1. The largest absolute Gasteiger partial charge is 0.463 e. The van der Waals surface area contributed by atoms with Gasteiger partial charge in [-0.2, -0.15) is 22.0 Å². The molecule has 0 saturated heterocycles. The monoisotopic (exact) mass is 315 g/mol. The van der Waals surface area contributed by atoms with Gasteiger partial charge in [0.25, 0.3) is 0 Å². The second kappa shape index (κ2) is 5.75. The summed E-state index contributed by atoms with van der Waals surface area (Å²) in [6.45, 7) is 0. The number of benzene rings is 2. The second-order valence-corrected chi connectivity index (χ2v) is 4.44. The minimum Gasteiger partial charge on any atom is -0.320 e. The average molecular weight is 315 g/mol. The maximum absolute atomic E-state index is 13.0. The number of anilines is 1. The molecule has 0 aliphatic rings. The first kappa shape index (κ1) is 15.9. The second-order valence-electron chi connectivity index (χ2n) is 4.44. The highest BCUT2D eigenvalue weighted by atomic mass is 19.4. The molecule has 2 aromatic carbocycles. The van der Waals surface area contributed by atoms with Gasteiger partial charge < -0.3 is 5.32 Å². The number of nitrogens with one attached hydrogen (secondary N) is 1. The summed E-state index contributed by atoms with van der Waals surface area (Å²) in [6.07, 6.45) is -5.95. The quantitative estimate of drug-likeness (QED) is 0.831. The highest BCUT2D eigenvalue weighted by molar-refractivity contribution is 5.99. The van der Waals surface area contributed by atoms with E-state index in [1.165, 1.54) is 18.2 Å². The summed E-state index contributed by atoms with van der Waals surface area (Å²) in [5.74, 6) is -7.88. The van der Waals surface area contributed by atoms with Gasteiger partial charge in [-0.15, -0.1) is 0 Å². The maximum atomic E-state index is 13.0. The van der Waals surface area contributed by atoms with Gasteiger partial charge in [-0.05, 0) is 11.6 Å². The summed E-state index contributed by atoms with van der Waals surface area (Å²) in [4.78, 5) is 11.3. The standard InChI is InChI=1S/C15H10F5NO/c16-14(17,15(18,19)20)13(22)21-12-9-5-4-8-11(12)10-6-2-1-3-7-10/h1-9H,(H,21,22). The van der Waals surface area contributed by atoms with E-state index in [0.717, 1.165) is 0 Å². The van der Waals surface area contributed by atoms with Crippen molar-refractivity contribution in [1.29, 1.82) is 0 Å². The molecule has 0 aliphatic heterocycles. The van der Waals surface area contributed by atoms with Crippen LogP contribution in [0.1, 0.15) is 0 Å². The molecule has 2 rings (SSSR count). The highest BCUT2D eigenvalue weighted by Crippen LogP contribution is 2.37. The molecule has 0 radical (unpaired) electrons. The summed E-state index contributed by atoms with van der Waals surface area (Å²) >= 11 is 0. The number of amides is 1. The number of alkyl halides is 5. The zero-order chi connectivity index (χ0) is 16.4. The minimum absolute atomic E-state index is 0.123. The predicted molar refractivity (Wildman–Crippen MR) is 71.5 cm³/mol. The van der Waals surface area contributed by atoms with Crippen LogP contribution in [-0.2, 0) is 4.79 Å². The van der Waals surface area contributed by atoms with E-state index < -0.39 is 18.0 Å². The molecule has 0 aliphatic carbocycles. The molecule has 2 aromatic rings. The Bertz CT molecular complexity index is 667. The molecule has 0 heterocycles. The summed E-state index contributed by atoms with van der Waals surface area (Å²) in [5.41, 5.74) is 0.797. The molecule has 0 spiro atoms. The van der Waals surface area contributed by atoms with Crippen molar-refractivity contribution in [3.05, 3.63) is 54.6 Å². The van der Waals surface area contributed by atoms with Gasteiger partial charge in [-0.1, -0.05) is 48.5 Å². The van der Waals surface area contributed by atoms with Crippen LogP contribution in [0.3, 0.4) is 0 Å². The van der Waals surface area contributed by atoms with Crippen LogP contribution in [0.5, 0.6) is 0 Å². The Hall–Kier alpha value is -2.44. The van der Waals surface area contributed by atoms with E-state index in [2.05, 4.69) is 0 Å². The molecule has 0 aromatic heterocycles. The first-order valence-electron chi connectivity index (χ1n) is 6.14. The molecule has 0 atom stereocenters. The van der Waals surface area contributed by atoms with Gasteiger partial charge in [0, 0.05) is 11.3 Å². The lowest BCUT2D eigenvalue weighted by Crippen LogP contribution is -2.47. The fourth-order valence-electron chi connectivity index (χ4n) is 1.79. The molecule has 0 bridgehead atoms. The first-order chi connectivity index (χ1) is 10.2. The molecule has 116 valence electrons. The van der Waals surface area contributed by atoms with Crippen molar-refractivity contribution < 1.29 is 26.7 Å². The van der Waals surface area contributed by atoms with Crippen molar-refractivity contribution >= 4 is 11.6 Å². The predicted octanol–water partition coefficient (Wildman–Crippen LogP) is 4.49. The van der Waals surface area contributed by atoms with Crippen LogP contribution in [0, 0.1) is 0 Å². The van der Waals surface area contributed by atoms with Crippen LogP contribution >= 0.6 is 0 Å². The summed E-state index contributed by atoms with van der Waals surface area (Å²) in [6, 6.07) is 14.1. The van der Waals surface area contributed by atoms with Gasteiger partial charge in [-0.3, -0.25) is 4.79 Å². The molecule has 0 saturated carbocycles. The Morgan fingerprint density at radius 2 is 1.36 bits per heavy atom. The summed E-state index contributed by atoms with van der Waals surface area (Å²) in [5, 5.41) is 1.65. The lowest BCUT2D eigenvalue weighted by molar-refractivity contribution is -0.267. The Kier molecular flexibility index (Phi) is 4.16. The van der Waals surface area contributed by atoms with Crippen LogP contribution in [0.2, 0.25) is 0 Å². The van der Waals surface area contributed by atoms with E-state index in [0.29, 0.717) is 11.1 Å². The Morgan fingerprint density at radius 3 is 1.95 bits per heavy atom. The molecular weight excluding hydrogens is 305 g/mol. The Labute approximate surface area is 122 Å². The summed E-state index contributed by atoms with van der Waals surface area (Å²) in [7, 11) is 0. The van der Waals surface area contributed by atoms with Gasteiger partial charge >= 0.3 is 18.0 Å². The SMILES string of the molecule is O=C(Nc1ccccc1-c1ccccc1)C(F)(F)C(F)(F)F. The van der Waals surface area contributed by atoms with Gasteiger partial charge in [0.05, 0.1) is 0 Å². The van der Waals surface area contributed by atoms with Crippen LogP contribution in [0.25, 0.3) is 11.1 Å². The van der Waals surface area contributed by atoms with Crippen LogP contribution in [-0.4, -0.2) is 18.0 Å². The Morgan fingerprint density at radius 1 is 0.818 bits per heavy atom. The van der Waals surface area contributed by atoms with Crippen LogP contribution in [0.4, 0.5) is 27.6 Å². The first-order valence-corrected chi connectivity index (χ1v) is 6.14. The zero-order valence-corrected chi connectivity index (χ0v) is 11.0. The number of carbonyl (C=O) groups excluding carboxylic acids is 1. The topological polar surface area (TPSA) is 29.1 Å². The van der Waals surface area contributed by atoms with Gasteiger partial charge in [0.2, 0.25) is 0 Å². The highest BCUT2D eigenvalue weighted by Gasteiger charge is 2.63. The van der Waals surface area contributed by atoms with Crippen molar-refractivity contribution in [2.75, 3.05) is 5.32 Å². The van der Waals surface area contributed by atoms with E-state index in [1.54, 1.807) is 41.7 Å². The fourth-order valence-corrected chi connectivity index (χ4v) is 1.79. The number of rotatable bonds is 3. The number of carbonyl (C=O) groups is 1. The molecule has 2 nitrogen and oxygen atoms in total. The third-order valence-corrected chi connectivity index (χ3v) is 2.90. The molecule has 0 unspecified atom stereocenters. The van der Waals surface area contributed by atoms with Gasteiger partial charge in [-0.25, -0.2) is 0 Å². The molecule has 7 heteroatoms. The smallest absolute Gasteiger partial charge is 0.320 e. The fraction of sp³-hybridized carbons (Fsp3) is 0.133. The van der Waals surface area contributed by atoms with Gasteiger partial charge in [0.15, 0.2) is 0 Å². The Balaban J connectivity index is 2.34. The van der Waals surface area contributed by atoms with E-state index in [-0.39, 0.29) is 5.69 Å². The number of halogens is 5. The van der Waals surface area contributed by atoms with Crippen molar-refractivity contribution in [2.24, 2.45) is 0 Å². The van der Waals surface area contributed by atoms with Crippen LogP contribution < -0.4 is 5.32 Å². The van der Waals surface area contributed by atoms with Crippen LogP contribution in [0.15, 0.2) is 54.6 Å². The molecule has 1 N–H and O–H groups in total. The molecule has 22 heavy (non-hydrogen) atoms. The summed E-state index contributed by atoms with van der Waals surface area (Å²) < 4.78 is 62.6. The number of hydrogen-bond acceptors (Lipinski definition) is 1. The lowest BCUT2D eigenvalue weighted by atomic mass is 10.0. The van der Waals surface area contributed by atoms with Gasteiger partial charge in [0.1, 0.15) is 0 Å². The maximum Gasteiger partial charge on any atom is 0.463 e. The third kappa shape index (κ3) is 3.08.